The quantitative estimate of drug-likeness (QED) is 0.0357. The van der Waals surface area contributed by atoms with Gasteiger partial charge in [0.2, 0.25) is 53.4 Å². The van der Waals surface area contributed by atoms with E-state index in [9.17, 15) is 68.8 Å². The summed E-state index contributed by atoms with van der Waals surface area (Å²) in [5.41, 5.74) is 5.28. The molecule has 7 heterocycles. The van der Waals surface area contributed by atoms with Crippen LogP contribution in [-0.2, 0) is 73.4 Å². The van der Waals surface area contributed by atoms with Gasteiger partial charge in [-0.25, -0.2) is 4.79 Å². The number of primary amides is 1. The first-order valence-corrected chi connectivity index (χ1v) is 42.7. The molecular formula is C88H94Cl3N9O26S. The summed E-state index contributed by atoms with van der Waals surface area (Å²) in [5, 5.41) is 128. The fourth-order valence-electron chi connectivity index (χ4n) is 16.2. The van der Waals surface area contributed by atoms with Crippen molar-refractivity contribution < 1.29 is 125 Å². The van der Waals surface area contributed by atoms with Gasteiger partial charge in [0.15, 0.2) is 29.9 Å². The molecule has 0 radical (unpaired) electrons. The highest BCUT2D eigenvalue weighted by atomic mass is 35.5. The number of benzene rings is 8. The molecule has 2 fully saturated rings. The lowest BCUT2D eigenvalue weighted by atomic mass is 9.84. The van der Waals surface area contributed by atoms with Crippen LogP contribution in [-0.4, -0.2) is 194 Å². The fourth-order valence-corrected chi connectivity index (χ4v) is 18.1. The third-order valence-electron chi connectivity index (χ3n) is 22.6. The third-order valence-corrected chi connectivity index (χ3v) is 25.1. The highest BCUT2D eigenvalue weighted by Crippen LogP contribution is 2.50. The molecule has 11 unspecified atom stereocenters. The van der Waals surface area contributed by atoms with Crippen molar-refractivity contribution in [2.75, 3.05) is 13.7 Å². The van der Waals surface area contributed by atoms with Crippen LogP contribution in [0.15, 0.2) is 144 Å². The lowest BCUT2D eigenvalue weighted by Crippen LogP contribution is -2.65. The van der Waals surface area contributed by atoms with Gasteiger partial charge in [-0.05, 0) is 171 Å². The van der Waals surface area contributed by atoms with Crippen molar-refractivity contribution in [2.24, 2.45) is 11.7 Å². The molecule has 2 saturated heterocycles. The van der Waals surface area contributed by atoms with Crippen molar-refractivity contribution in [1.29, 1.82) is 0 Å². The fraction of sp³-hybridized carbons (Fsp3) is 0.364. The standard InChI is InChI=1S/C88H94Cl3N9O26S/c1-37(2)23-55(93-8)80(110)99-70-72(105)46-16-21-59(53(90)27-46)122-61-29-48-30-62(76(61)126-87-77(75(108)74(107)63(124-87)36-120-127(118,119)78-39(4)24-38(3)25-40(78)5)125-65-34-88(7,79(109)41(6)121-65)94-35-42-9-11-43(12-10-42)44-13-18-49(89)19-14-44)123-60-22-17-47(28-54(60)91)73(106)71-85(115)98-69(86(116)117)52-31-50(101)32-58(103)66(52)51-26-45(15-20-57(51)102)67(82(112)100-71)97-83(113)68(48)96-81(111)56(33-64(92)104)95-84(70)114/h9-22,24-32,37,41,55-56,63,65,67-75,77,79,87,93-94,101-103,105-109H,23,33-36H2,1-8H3,(H2,92,104)(H,95,114)(H,96,111)(H,97,113)(H,98,115)(H,99,110)(H,100,112)(H,116,117)/t41?,55-,56+,63?,65?,67?,68?,69-,70-,71+,72-,73-,74?,75?,77?,79?,87?,88?/m1/s1. The van der Waals surface area contributed by atoms with Crippen LogP contribution in [0.3, 0.4) is 0 Å². The summed E-state index contributed by atoms with van der Waals surface area (Å²) in [6.07, 6.45) is -20.1. The van der Waals surface area contributed by atoms with Gasteiger partial charge in [0.05, 0.1) is 46.2 Å². The Morgan fingerprint density at radius 1 is 0.654 bits per heavy atom. The predicted octanol–water partition coefficient (Wildman–Crippen LogP) is 6.60. The first kappa shape index (κ1) is 93.3. The van der Waals surface area contributed by atoms with Gasteiger partial charge in [0, 0.05) is 46.3 Å². The number of aliphatic hydroxyl groups is 5. The molecule has 11 bridgehead atoms. The molecule has 35 nitrogen and oxygen atoms in total. The average Bonchev–Trinajstić information content (AvgIpc) is 0.762. The lowest BCUT2D eigenvalue weighted by molar-refractivity contribution is -0.334. The van der Waals surface area contributed by atoms with Gasteiger partial charge in [0.1, 0.15) is 89.5 Å². The maximum absolute atomic E-state index is 16.4. The van der Waals surface area contributed by atoms with E-state index in [4.69, 9.17) is 73.1 Å². The number of aliphatic hydroxyl groups excluding tert-OH is 5. The van der Waals surface area contributed by atoms with Gasteiger partial charge in [-0.1, -0.05) is 121 Å². The Morgan fingerprint density at radius 3 is 1.84 bits per heavy atom. The summed E-state index contributed by atoms with van der Waals surface area (Å²) in [6.45, 7) is 10.8. The van der Waals surface area contributed by atoms with Gasteiger partial charge in [-0.2, -0.15) is 8.42 Å². The van der Waals surface area contributed by atoms with Crippen molar-refractivity contribution >= 4 is 92.2 Å². The molecule has 0 aromatic heterocycles. The van der Waals surface area contributed by atoms with Crippen LogP contribution < -0.4 is 62.5 Å². The van der Waals surface area contributed by atoms with E-state index in [1.54, 1.807) is 45.0 Å². The molecule has 39 heteroatoms. The number of likely N-dealkylation sites (N-methyl/N-ethyl adjacent to an activating group) is 1. The van der Waals surface area contributed by atoms with Gasteiger partial charge >= 0.3 is 5.97 Å². The second-order valence-electron chi connectivity index (χ2n) is 32.5. The van der Waals surface area contributed by atoms with Crippen molar-refractivity contribution in [3.63, 3.8) is 0 Å². The molecule has 7 aliphatic heterocycles. The smallest absolute Gasteiger partial charge is 0.330 e. The molecule has 18 atom stereocenters. The molecule has 0 aliphatic carbocycles. The average molecular weight is 1830 g/mol. The molecule has 15 rings (SSSR count). The van der Waals surface area contributed by atoms with Crippen LogP contribution >= 0.6 is 34.8 Å². The van der Waals surface area contributed by atoms with E-state index < -0.39 is 258 Å². The number of hydrogen-bond acceptors (Lipinski definition) is 27. The van der Waals surface area contributed by atoms with Crippen LogP contribution in [0.5, 0.6) is 46.0 Å². The van der Waals surface area contributed by atoms with E-state index in [0.29, 0.717) is 10.6 Å². The number of aliphatic carboxylic acids is 1. The topological polar surface area (TPSA) is 540 Å². The summed E-state index contributed by atoms with van der Waals surface area (Å²) < 4.78 is 75.0. The maximum Gasteiger partial charge on any atom is 0.330 e. The van der Waals surface area contributed by atoms with Gasteiger partial charge in [0.25, 0.3) is 10.1 Å². The summed E-state index contributed by atoms with van der Waals surface area (Å²) in [4.78, 5) is 119. The number of phenolic OH excluding ortho intramolecular Hbond substituents is 3. The van der Waals surface area contributed by atoms with E-state index in [-0.39, 0.29) is 58.0 Å². The van der Waals surface area contributed by atoms with E-state index >= 15 is 24.0 Å². The number of fused-ring (bicyclic) bond motifs is 15. The molecule has 0 spiro atoms. The first-order chi connectivity index (χ1) is 60.1. The molecule has 8 aromatic carbocycles. The Balaban J connectivity index is 1.01. The number of aromatic hydroxyl groups is 3. The van der Waals surface area contributed by atoms with Crippen LogP contribution in [0.1, 0.15) is 127 Å². The number of aryl methyl sites for hydroxylation is 3. The molecule has 127 heavy (non-hydrogen) atoms. The van der Waals surface area contributed by atoms with E-state index in [2.05, 4.69) is 42.5 Å². The van der Waals surface area contributed by atoms with E-state index in [1.165, 1.54) is 33.0 Å². The molecule has 0 saturated carbocycles. The van der Waals surface area contributed by atoms with Crippen molar-refractivity contribution in [2.45, 2.75) is 188 Å². The maximum atomic E-state index is 16.4. The third kappa shape index (κ3) is 20.5. The van der Waals surface area contributed by atoms with Gasteiger partial charge < -0.3 is 123 Å². The Bertz CT molecular complexity index is 5700. The second kappa shape index (κ2) is 38.3. The minimum absolute atomic E-state index is 0.131. The van der Waals surface area contributed by atoms with Crippen LogP contribution in [0.25, 0.3) is 22.3 Å². The van der Waals surface area contributed by atoms with Crippen LogP contribution in [0.2, 0.25) is 15.1 Å². The highest BCUT2D eigenvalue weighted by molar-refractivity contribution is 7.86. The lowest BCUT2D eigenvalue weighted by Gasteiger charge is -2.48. The van der Waals surface area contributed by atoms with Gasteiger partial charge in [-0.3, -0.25) is 37.7 Å². The normalized spacial score (nSPS) is 25.9. The number of carboxylic acids is 1. The largest absolute Gasteiger partial charge is 0.508 e. The molecule has 7 amide bonds. The molecular weight excluding hydrogens is 1740 g/mol. The number of halogens is 3. The number of ether oxygens (including phenoxy) is 6. The monoisotopic (exact) mass is 1830 g/mol. The zero-order valence-corrected chi connectivity index (χ0v) is 72.4. The minimum Gasteiger partial charge on any atom is -0.508 e. The van der Waals surface area contributed by atoms with E-state index in [1.807, 2.05) is 50.2 Å². The predicted molar refractivity (Wildman–Crippen MR) is 456 cm³/mol. The van der Waals surface area contributed by atoms with Crippen molar-refractivity contribution in [3.05, 3.63) is 205 Å². The SMILES string of the molecule is CN[C@H](CC(C)C)C(=O)N[C@H]1C(=O)N[C@@H](CC(N)=O)C(=O)NC2C(=O)NC3C(=O)N[C@H](C(=O)N[C@@H](C(=O)O)c4cc(O)cc(O)c4-c4cc3ccc4O)[C@H](O)c3ccc(c(Cl)c3)Oc3cc2cc(c3OC2OC(COS(=O)(=O)c3c(C)cc(C)cc3C)C(O)C(O)C2OC2CC(C)(NCc3ccc(-c4ccc(Cl)cc4)cc3)C(O)C(C)O2)Oc2ccc(cc2Cl)[C@H]1O. The summed E-state index contributed by atoms with van der Waals surface area (Å²) in [5.74, 6) is -16.7. The van der Waals surface area contributed by atoms with Crippen molar-refractivity contribution in [3.8, 4) is 68.2 Å². The number of nitrogens with two attached hydrogens (primary N) is 1. The number of carboxylic acid groups (broad SMARTS) is 1. The molecule has 19 N–H and O–H groups in total. The van der Waals surface area contributed by atoms with E-state index in [0.717, 1.165) is 83.4 Å². The molecule has 7 aliphatic rings. The molecule has 674 valence electrons. The zero-order chi connectivity index (χ0) is 91.9. The number of rotatable bonds is 20. The first-order valence-electron chi connectivity index (χ1n) is 40.2. The van der Waals surface area contributed by atoms with Crippen LogP contribution in [0, 0.1) is 26.7 Å². The van der Waals surface area contributed by atoms with Crippen molar-refractivity contribution in [1.82, 2.24) is 42.5 Å². The van der Waals surface area contributed by atoms with Crippen LogP contribution in [0.4, 0.5) is 0 Å². The highest BCUT2D eigenvalue weighted by Gasteiger charge is 2.53. The number of nitrogens with one attached hydrogen (secondary N) is 8. The zero-order valence-electron chi connectivity index (χ0n) is 69.3. The number of carbonyl (C=O) groups excluding carboxylic acids is 7. The second-order valence-corrected chi connectivity index (χ2v) is 35.3. The summed E-state index contributed by atoms with van der Waals surface area (Å²) >= 11 is 20.7. The Labute approximate surface area is 742 Å². The number of phenols is 3. The number of carbonyl (C=O) groups is 8. The molecule has 8 aromatic rings. The Morgan fingerprint density at radius 2 is 1.24 bits per heavy atom. The minimum atomic E-state index is -4.79. The number of amides is 7. The van der Waals surface area contributed by atoms with Gasteiger partial charge in [-0.15, -0.1) is 0 Å². The Hall–Kier alpha value is -11.3. The number of hydrogen-bond donors (Lipinski definition) is 18. The Kier molecular flexibility index (Phi) is 28.2. The summed E-state index contributed by atoms with van der Waals surface area (Å²) in [6, 6.07) is 16.8. The summed E-state index contributed by atoms with van der Waals surface area (Å²) in [7, 11) is -3.33.